The molecule has 6 heteroatoms. The number of benzene rings is 1. The van der Waals surface area contributed by atoms with Crippen LogP contribution >= 0.6 is 11.3 Å². The topological polar surface area (TPSA) is 49.0 Å². The van der Waals surface area contributed by atoms with Crippen molar-refractivity contribution in [2.45, 2.75) is 32.2 Å². The predicted octanol–water partition coefficient (Wildman–Crippen LogP) is 3.91. The summed E-state index contributed by atoms with van der Waals surface area (Å²) in [5.41, 5.74) is 3.42. The highest BCUT2D eigenvalue weighted by Gasteiger charge is 2.22. The highest BCUT2D eigenvalue weighted by atomic mass is 32.1. The molecule has 0 saturated heterocycles. The number of nitrogens with one attached hydrogen (secondary N) is 1. The standard InChI is InChI=1S/C18H18FN3OS/c1-22(9-17-20-14-7-6-11(19)8-15(14)21-17)18(23)13-10-24-16-5-3-2-4-12(13)16/h6-8,10H,2-5,9H2,1H3,(H,20,21). The van der Waals surface area contributed by atoms with E-state index in [9.17, 15) is 9.18 Å². The number of hydrogen-bond acceptors (Lipinski definition) is 3. The second kappa shape index (κ2) is 6.02. The van der Waals surface area contributed by atoms with Gasteiger partial charge < -0.3 is 9.88 Å². The monoisotopic (exact) mass is 343 g/mol. The first-order chi connectivity index (χ1) is 11.6. The van der Waals surface area contributed by atoms with Crippen molar-refractivity contribution in [1.29, 1.82) is 0 Å². The molecule has 0 radical (unpaired) electrons. The third-order valence-corrected chi connectivity index (χ3v) is 5.61. The van der Waals surface area contributed by atoms with Gasteiger partial charge in [-0.1, -0.05) is 0 Å². The van der Waals surface area contributed by atoms with Crippen LogP contribution in [0.4, 0.5) is 4.39 Å². The van der Waals surface area contributed by atoms with Crippen molar-refractivity contribution in [3.8, 4) is 0 Å². The molecule has 0 unspecified atom stereocenters. The Morgan fingerprint density at radius 3 is 3.08 bits per heavy atom. The number of aromatic nitrogens is 2. The number of imidazole rings is 1. The lowest BCUT2D eigenvalue weighted by Gasteiger charge is -2.18. The van der Waals surface area contributed by atoms with Crippen LogP contribution in [-0.4, -0.2) is 27.8 Å². The average molecular weight is 343 g/mol. The number of H-pyrrole nitrogens is 1. The van der Waals surface area contributed by atoms with Crippen LogP contribution in [-0.2, 0) is 19.4 Å². The van der Waals surface area contributed by atoms with Crippen molar-refractivity contribution in [3.63, 3.8) is 0 Å². The molecule has 24 heavy (non-hydrogen) atoms. The Morgan fingerprint density at radius 2 is 2.21 bits per heavy atom. The van der Waals surface area contributed by atoms with Crippen molar-refractivity contribution < 1.29 is 9.18 Å². The summed E-state index contributed by atoms with van der Waals surface area (Å²) in [5, 5.41) is 1.99. The molecule has 1 aromatic carbocycles. The van der Waals surface area contributed by atoms with E-state index in [0.717, 1.165) is 24.8 Å². The van der Waals surface area contributed by atoms with Crippen LogP contribution in [0, 0.1) is 5.82 Å². The Bertz CT molecular complexity index is 914. The van der Waals surface area contributed by atoms with E-state index in [2.05, 4.69) is 9.97 Å². The van der Waals surface area contributed by atoms with Gasteiger partial charge in [-0.05, 0) is 49.4 Å². The summed E-state index contributed by atoms with van der Waals surface area (Å²) >= 11 is 1.70. The van der Waals surface area contributed by atoms with E-state index in [-0.39, 0.29) is 11.7 Å². The van der Waals surface area contributed by atoms with E-state index in [4.69, 9.17) is 0 Å². The molecular weight excluding hydrogens is 325 g/mol. The van der Waals surface area contributed by atoms with E-state index in [1.54, 1.807) is 29.4 Å². The van der Waals surface area contributed by atoms with Gasteiger partial charge in [0, 0.05) is 17.3 Å². The van der Waals surface area contributed by atoms with Crippen LogP contribution in [0.15, 0.2) is 23.6 Å². The molecule has 3 aromatic rings. The molecular formula is C18H18FN3OS. The average Bonchev–Trinajstić information content (AvgIpc) is 3.17. The molecule has 4 rings (SSSR count). The molecule has 2 aromatic heterocycles. The maximum absolute atomic E-state index is 13.3. The molecule has 0 atom stereocenters. The summed E-state index contributed by atoms with van der Waals surface area (Å²) in [7, 11) is 1.78. The van der Waals surface area contributed by atoms with Gasteiger partial charge in [-0.2, -0.15) is 0 Å². The summed E-state index contributed by atoms with van der Waals surface area (Å²) in [6.45, 7) is 0.375. The zero-order valence-corrected chi connectivity index (χ0v) is 14.3. The largest absolute Gasteiger partial charge is 0.340 e. The number of fused-ring (bicyclic) bond motifs is 2. The summed E-state index contributed by atoms with van der Waals surface area (Å²) in [6, 6.07) is 4.45. The fraction of sp³-hybridized carbons (Fsp3) is 0.333. The van der Waals surface area contributed by atoms with Gasteiger partial charge in [0.05, 0.1) is 23.1 Å². The highest BCUT2D eigenvalue weighted by molar-refractivity contribution is 7.10. The molecule has 1 N–H and O–H groups in total. The summed E-state index contributed by atoms with van der Waals surface area (Å²) in [6.07, 6.45) is 4.46. The molecule has 124 valence electrons. The number of hydrogen-bond donors (Lipinski definition) is 1. The van der Waals surface area contributed by atoms with E-state index in [1.807, 2.05) is 5.38 Å². The van der Waals surface area contributed by atoms with Gasteiger partial charge in [0.15, 0.2) is 0 Å². The number of nitrogens with zero attached hydrogens (tertiary/aromatic N) is 2. The van der Waals surface area contributed by atoms with Crippen molar-refractivity contribution in [2.24, 2.45) is 0 Å². The third kappa shape index (κ3) is 2.71. The number of aryl methyl sites for hydroxylation is 1. The van der Waals surface area contributed by atoms with Gasteiger partial charge in [0.2, 0.25) is 0 Å². The van der Waals surface area contributed by atoms with Gasteiger partial charge in [0.25, 0.3) is 5.91 Å². The summed E-state index contributed by atoms with van der Waals surface area (Å²) < 4.78 is 13.3. The van der Waals surface area contributed by atoms with Crippen molar-refractivity contribution in [2.75, 3.05) is 7.05 Å². The Kier molecular flexibility index (Phi) is 3.84. The van der Waals surface area contributed by atoms with Gasteiger partial charge >= 0.3 is 0 Å². The predicted molar refractivity (Wildman–Crippen MR) is 92.8 cm³/mol. The second-order valence-electron chi connectivity index (χ2n) is 6.26. The van der Waals surface area contributed by atoms with Crippen molar-refractivity contribution >= 4 is 28.3 Å². The minimum atomic E-state index is -0.299. The Morgan fingerprint density at radius 1 is 1.38 bits per heavy atom. The number of thiophene rings is 1. The van der Waals surface area contributed by atoms with Crippen LogP contribution in [0.2, 0.25) is 0 Å². The van der Waals surface area contributed by atoms with Crippen LogP contribution in [0.5, 0.6) is 0 Å². The smallest absolute Gasteiger partial charge is 0.255 e. The molecule has 1 amide bonds. The zero-order valence-electron chi connectivity index (χ0n) is 13.4. The highest BCUT2D eigenvalue weighted by Crippen LogP contribution is 2.31. The number of carbonyl (C=O) groups excluding carboxylic acids is 1. The molecule has 1 aliphatic carbocycles. The van der Waals surface area contributed by atoms with Crippen LogP contribution in [0.3, 0.4) is 0 Å². The number of carbonyl (C=O) groups is 1. The van der Waals surface area contributed by atoms with Crippen LogP contribution in [0.1, 0.15) is 39.5 Å². The molecule has 0 bridgehead atoms. The number of rotatable bonds is 3. The normalized spacial score (nSPS) is 13.9. The maximum Gasteiger partial charge on any atom is 0.255 e. The number of halogens is 1. The molecule has 0 fully saturated rings. The third-order valence-electron chi connectivity index (χ3n) is 4.52. The molecule has 2 heterocycles. The first-order valence-corrected chi connectivity index (χ1v) is 8.98. The van der Waals surface area contributed by atoms with Gasteiger partial charge in [-0.15, -0.1) is 11.3 Å². The maximum atomic E-state index is 13.3. The minimum absolute atomic E-state index is 0.0287. The lowest BCUT2D eigenvalue weighted by atomic mass is 9.95. The van der Waals surface area contributed by atoms with E-state index >= 15 is 0 Å². The molecule has 4 nitrogen and oxygen atoms in total. The summed E-state index contributed by atoms with van der Waals surface area (Å²) in [4.78, 5) is 23.3. The fourth-order valence-corrected chi connectivity index (χ4v) is 4.40. The Balaban J connectivity index is 1.55. The second-order valence-corrected chi connectivity index (χ2v) is 7.23. The number of aromatic amines is 1. The van der Waals surface area contributed by atoms with Gasteiger partial charge in [-0.25, -0.2) is 9.37 Å². The number of amides is 1. The summed E-state index contributed by atoms with van der Waals surface area (Å²) in [5.74, 6) is 0.392. The SMILES string of the molecule is CN(Cc1nc2ccc(F)cc2[nH]1)C(=O)c1csc2c1CCCC2. The van der Waals surface area contributed by atoms with Crippen molar-refractivity contribution in [1.82, 2.24) is 14.9 Å². The molecule has 0 saturated carbocycles. The quantitative estimate of drug-likeness (QED) is 0.784. The van der Waals surface area contributed by atoms with E-state index in [0.29, 0.717) is 23.4 Å². The minimum Gasteiger partial charge on any atom is -0.340 e. The van der Waals surface area contributed by atoms with Crippen LogP contribution < -0.4 is 0 Å². The van der Waals surface area contributed by atoms with Crippen molar-refractivity contribution in [3.05, 3.63) is 51.2 Å². The molecule has 0 spiro atoms. The van der Waals surface area contributed by atoms with E-state index < -0.39 is 0 Å². The first-order valence-electron chi connectivity index (χ1n) is 8.10. The van der Waals surface area contributed by atoms with E-state index in [1.165, 1.54) is 29.0 Å². The fourth-order valence-electron chi connectivity index (χ4n) is 3.28. The zero-order chi connectivity index (χ0) is 16.7. The lowest BCUT2D eigenvalue weighted by molar-refractivity contribution is 0.0781. The molecule has 1 aliphatic rings. The van der Waals surface area contributed by atoms with Crippen LogP contribution in [0.25, 0.3) is 11.0 Å². The molecule has 0 aliphatic heterocycles. The first kappa shape index (κ1) is 15.3. The Hall–Kier alpha value is -2.21. The lowest BCUT2D eigenvalue weighted by Crippen LogP contribution is -2.27. The van der Waals surface area contributed by atoms with Gasteiger partial charge in [0.1, 0.15) is 11.6 Å². The Labute approximate surface area is 143 Å². The van der Waals surface area contributed by atoms with Gasteiger partial charge in [-0.3, -0.25) is 4.79 Å².